The smallest absolute Gasteiger partial charge is 0.123 e. The fourth-order valence-corrected chi connectivity index (χ4v) is 3.58. The molecule has 106 valence electrons. The van der Waals surface area contributed by atoms with Gasteiger partial charge < -0.3 is 5.11 Å². The van der Waals surface area contributed by atoms with Crippen LogP contribution in [0.3, 0.4) is 0 Å². The maximum absolute atomic E-state index is 13.3. The average molecular weight is 329 g/mol. The van der Waals surface area contributed by atoms with Crippen LogP contribution in [0.4, 0.5) is 4.39 Å². The first-order chi connectivity index (χ1) is 8.72. The van der Waals surface area contributed by atoms with Gasteiger partial charge in [0.1, 0.15) is 5.82 Å². The molecule has 0 radical (unpaired) electrons. The first-order valence-corrected chi connectivity index (χ1v) is 7.67. The quantitative estimate of drug-likeness (QED) is 0.833. The molecule has 0 spiro atoms. The third-order valence-corrected chi connectivity index (χ3v) is 5.29. The SMILES string of the molecule is CC1CC(C)(C)CCC1(O)Cc1cc(F)ccc1Br. The van der Waals surface area contributed by atoms with Gasteiger partial charge in [-0.1, -0.05) is 36.7 Å². The molecule has 2 atom stereocenters. The van der Waals surface area contributed by atoms with E-state index in [0.717, 1.165) is 29.3 Å². The number of aliphatic hydroxyl groups is 1. The fourth-order valence-electron chi connectivity index (χ4n) is 3.19. The lowest BCUT2D eigenvalue weighted by molar-refractivity contribution is -0.0705. The minimum Gasteiger partial charge on any atom is -0.389 e. The van der Waals surface area contributed by atoms with Gasteiger partial charge in [-0.2, -0.15) is 0 Å². The Bertz CT molecular complexity index is 472. The fraction of sp³-hybridized carbons (Fsp3) is 0.625. The van der Waals surface area contributed by atoms with E-state index in [-0.39, 0.29) is 11.7 Å². The molecule has 1 aliphatic carbocycles. The van der Waals surface area contributed by atoms with Crippen LogP contribution in [-0.2, 0) is 6.42 Å². The standard InChI is InChI=1S/C16H22BrFO/c1-11-9-15(2,3)6-7-16(11,19)10-12-8-13(18)4-5-14(12)17/h4-5,8,11,19H,6-7,9-10H2,1-3H3. The molecule has 0 saturated heterocycles. The average Bonchev–Trinajstić information content (AvgIpc) is 2.30. The van der Waals surface area contributed by atoms with Crippen molar-refractivity contribution in [1.82, 2.24) is 0 Å². The maximum Gasteiger partial charge on any atom is 0.123 e. The van der Waals surface area contributed by atoms with E-state index < -0.39 is 5.60 Å². The highest BCUT2D eigenvalue weighted by Crippen LogP contribution is 2.45. The molecule has 1 aromatic carbocycles. The summed E-state index contributed by atoms with van der Waals surface area (Å²) in [4.78, 5) is 0. The van der Waals surface area contributed by atoms with Crippen molar-refractivity contribution in [2.75, 3.05) is 0 Å². The van der Waals surface area contributed by atoms with Gasteiger partial charge in [0.05, 0.1) is 5.60 Å². The van der Waals surface area contributed by atoms with Crippen LogP contribution in [0.5, 0.6) is 0 Å². The van der Waals surface area contributed by atoms with Gasteiger partial charge in [0.15, 0.2) is 0 Å². The lowest BCUT2D eigenvalue weighted by Crippen LogP contribution is -2.45. The minimum atomic E-state index is -0.716. The van der Waals surface area contributed by atoms with Gasteiger partial charge in [-0.25, -0.2) is 4.39 Å². The maximum atomic E-state index is 13.3. The molecule has 1 aromatic rings. The van der Waals surface area contributed by atoms with Crippen molar-refractivity contribution in [2.24, 2.45) is 11.3 Å². The van der Waals surface area contributed by atoms with Crippen molar-refractivity contribution in [2.45, 2.75) is 52.1 Å². The van der Waals surface area contributed by atoms with Gasteiger partial charge >= 0.3 is 0 Å². The molecular weight excluding hydrogens is 307 g/mol. The second kappa shape index (κ2) is 5.17. The summed E-state index contributed by atoms with van der Waals surface area (Å²) in [5.41, 5.74) is 0.436. The zero-order valence-corrected chi connectivity index (χ0v) is 13.4. The molecule has 1 N–H and O–H groups in total. The van der Waals surface area contributed by atoms with E-state index in [1.54, 1.807) is 6.07 Å². The molecule has 1 saturated carbocycles. The van der Waals surface area contributed by atoms with Crippen LogP contribution >= 0.6 is 15.9 Å². The first-order valence-electron chi connectivity index (χ1n) is 6.88. The number of halogens is 2. The summed E-state index contributed by atoms with van der Waals surface area (Å²) in [6.45, 7) is 6.61. The number of hydrogen-bond acceptors (Lipinski definition) is 1. The van der Waals surface area contributed by atoms with Gasteiger partial charge in [-0.05, 0) is 54.4 Å². The van der Waals surface area contributed by atoms with Crippen LogP contribution in [0.25, 0.3) is 0 Å². The molecule has 19 heavy (non-hydrogen) atoms. The summed E-state index contributed by atoms with van der Waals surface area (Å²) in [5.74, 6) is -0.0167. The second-order valence-electron chi connectivity index (χ2n) is 6.79. The number of rotatable bonds is 2. The lowest BCUT2D eigenvalue weighted by Gasteiger charge is -2.45. The third kappa shape index (κ3) is 3.38. The van der Waals surface area contributed by atoms with E-state index in [2.05, 4.69) is 36.7 Å². The monoisotopic (exact) mass is 328 g/mol. The largest absolute Gasteiger partial charge is 0.389 e. The summed E-state index contributed by atoms with van der Waals surface area (Å²) in [5, 5.41) is 10.9. The van der Waals surface area contributed by atoms with E-state index in [1.807, 2.05) is 0 Å². The Balaban J connectivity index is 2.20. The molecule has 2 unspecified atom stereocenters. The van der Waals surface area contributed by atoms with Crippen molar-refractivity contribution in [3.63, 3.8) is 0 Å². The summed E-state index contributed by atoms with van der Waals surface area (Å²) in [6.07, 6.45) is 3.32. The van der Waals surface area contributed by atoms with Crippen LogP contribution in [0.2, 0.25) is 0 Å². The Labute approximate surface area is 123 Å². The van der Waals surface area contributed by atoms with Crippen LogP contribution < -0.4 is 0 Å². The van der Waals surface area contributed by atoms with E-state index >= 15 is 0 Å². The van der Waals surface area contributed by atoms with Crippen LogP contribution in [0, 0.1) is 17.2 Å². The molecule has 1 fully saturated rings. The van der Waals surface area contributed by atoms with Crippen molar-refractivity contribution in [1.29, 1.82) is 0 Å². The number of hydrogen-bond donors (Lipinski definition) is 1. The van der Waals surface area contributed by atoms with Crippen LogP contribution in [0.1, 0.15) is 45.6 Å². The van der Waals surface area contributed by atoms with Crippen molar-refractivity contribution in [3.8, 4) is 0 Å². The summed E-state index contributed by atoms with van der Waals surface area (Å²) < 4.78 is 14.2. The minimum absolute atomic E-state index is 0.228. The Kier molecular flexibility index (Phi) is 4.08. The zero-order valence-electron chi connectivity index (χ0n) is 11.8. The Morgan fingerprint density at radius 2 is 2.05 bits per heavy atom. The Morgan fingerprint density at radius 3 is 2.68 bits per heavy atom. The molecule has 0 heterocycles. The predicted octanol–water partition coefficient (Wildman–Crippen LogP) is 4.71. The molecule has 0 aliphatic heterocycles. The lowest BCUT2D eigenvalue weighted by atomic mass is 9.64. The molecule has 0 amide bonds. The molecule has 0 bridgehead atoms. The molecule has 2 rings (SSSR count). The Morgan fingerprint density at radius 1 is 1.37 bits per heavy atom. The van der Waals surface area contributed by atoms with Crippen molar-refractivity contribution in [3.05, 3.63) is 34.1 Å². The van der Waals surface area contributed by atoms with Gasteiger partial charge in [0.25, 0.3) is 0 Å². The van der Waals surface area contributed by atoms with Crippen molar-refractivity contribution < 1.29 is 9.50 Å². The topological polar surface area (TPSA) is 20.2 Å². The highest BCUT2D eigenvalue weighted by atomic mass is 79.9. The molecule has 0 aromatic heterocycles. The van der Waals surface area contributed by atoms with Gasteiger partial charge in [-0.3, -0.25) is 0 Å². The van der Waals surface area contributed by atoms with Crippen LogP contribution in [0.15, 0.2) is 22.7 Å². The predicted molar refractivity (Wildman–Crippen MR) is 79.5 cm³/mol. The van der Waals surface area contributed by atoms with E-state index in [0.29, 0.717) is 11.8 Å². The summed E-state index contributed by atoms with van der Waals surface area (Å²) in [6, 6.07) is 4.67. The third-order valence-electron chi connectivity index (χ3n) is 4.52. The summed E-state index contributed by atoms with van der Waals surface area (Å²) in [7, 11) is 0. The highest BCUT2D eigenvalue weighted by molar-refractivity contribution is 9.10. The van der Waals surface area contributed by atoms with Gasteiger partial charge in [-0.15, -0.1) is 0 Å². The van der Waals surface area contributed by atoms with Gasteiger partial charge in [0, 0.05) is 10.9 Å². The summed E-state index contributed by atoms with van der Waals surface area (Å²) >= 11 is 3.45. The Hall–Kier alpha value is -0.410. The number of benzene rings is 1. The zero-order chi connectivity index (χ0) is 14.3. The normalized spacial score (nSPS) is 30.3. The molecular formula is C16H22BrFO. The van der Waals surface area contributed by atoms with E-state index in [1.165, 1.54) is 12.1 Å². The molecule has 3 heteroatoms. The van der Waals surface area contributed by atoms with Gasteiger partial charge in [0.2, 0.25) is 0 Å². The van der Waals surface area contributed by atoms with Crippen LogP contribution in [-0.4, -0.2) is 10.7 Å². The van der Waals surface area contributed by atoms with E-state index in [9.17, 15) is 9.50 Å². The molecule has 1 nitrogen and oxygen atoms in total. The first kappa shape index (κ1) is 15.0. The molecule has 1 aliphatic rings. The van der Waals surface area contributed by atoms with Crippen molar-refractivity contribution >= 4 is 15.9 Å². The second-order valence-corrected chi connectivity index (χ2v) is 7.64. The highest BCUT2D eigenvalue weighted by Gasteiger charge is 2.42. The van der Waals surface area contributed by atoms with E-state index in [4.69, 9.17) is 0 Å².